The van der Waals surface area contributed by atoms with Gasteiger partial charge in [-0.05, 0) is 24.1 Å². The first-order valence-corrected chi connectivity index (χ1v) is 5.80. The molecule has 4 heteroatoms. The number of hydrogen-bond acceptors (Lipinski definition) is 2. The van der Waals surface area contributed by atoms with Crippen LogP contribution in [-0.2, 0) is 0 Å². The molecule has 0 bridgehead atoms. The molecule has 2 rings (SSSR count). The predicted molar refractivity (Wildman–Crippen MR) is 68.9 cm³/mol. The van der Waals surface area contributed by atoms with Gasteiger partial charge in [0.2, 0.25) is 0 Å². The van der Waals surface area contributed by atoms with Crippen LogP contribution in [-0.4, -0.2) is 9.55 Å². The topological polar surface area (TPSA) is 34.9 Å². The van der Waals surface area contributed by atoms with E-state index in [-0.39, 0.29) is 5.56 Å². The van der Waals surface area contributed by atoms with Crippen molar-refractivity contribution >= 4 is 11.6 Å². The predicted octanol–water partition coefficient (Wildman–Crippen LogP) is 3.01. The zero-order chi connectivity index (χ0) is 12.4. The van der Waals surface area contributed by atoms with Gasteiger partial charge in [-0.15, -0.1) is 0 Å². The normalized spacial score (nSPS) is 10.8. The second-order valence-corrected chi connectivity index (χ2v) is 4.59. The summed E-state index contributed by atoms with van der Waals surface area (Å²) in [6.07, 6.45) is 3.28. The number of pyridine rings is 2. The average Bonchev–Trinajstić information content (AvgIpc) is 2.32. The molecular formula is C13H13ClN2O. The van der Waals surface area contributed by atoms with Crippen molar-refractivity contribution in [3.63, 3.8) is 0 Å². The van der Waals surface area contributed by atoms with Crippen LogP contribution < -0.4 is 5.56 Å². The third kappa shape index (κ3) is 2.56. The number of nitrogens with zero attached hydrogens (tertiary/aromatic N) is 2. The molecule has 0 saturated carbocycles. The van der Waals surface area contributed by atoms with E-state index in [1.54, 1.807) is 18.5 Å². The molecule has 17 heavy (non-hydrogen) atoms. The molecular weight excluding hydrogens is 236 g/mol. The molecule has 0 radical (unpaired) electrons. The maximum absolute atomic E-state index is 11.7. The summed E-state index contributed by atoms with van der Waals surface area (Å²) in [4.78, 5) is 16.0. The second-order valence-electron chi connectivity index (χ2n) is 4.15. The molecule has 0 amide bonds. The number of rotatable bonds is 2. The fourth-order valence-electron chi connectivity index (χ4n) is 1.54. The van der Waals surface area contributed by atoms with E-state index in [1.807, 2.05) is 12.1 Å². The van der Waals surface area contributed by atoms with Gasteiger partial charge in [-0.3, -0.25) is 14.3 Å². The molecule has 0 N–H and O–H groups in total. The van der Waals surface area contributed by atoms with Crippen molar-refractivity contribution in [1.82, 2.24) is 9.55 Å². The lowest BCUT2D eigenvalue weighted by molar-refractivity contribution is 0.818. The summed E-state index contributed by atoms with van der Waals surface area (Å²) >= 11 is 5.87. The molecule has 0 saturated heterocycles. The van der Waals surface area contributed by atoms with Gasteiger partial charge >= 0.3 is 0 Å². The monoisotopic (exact) mass is 248 g/mol. The number of aromatic nitrogens is 2. The third-order valence-corrected chi connectivity index (χ3v) is 2.74. The Morgan fingerprint density at radius 3 is 2.59 bits per heavy atom. The summed E-state index contributed by atoms with van der Waals surface area (Å²) in [5.74, 6) is 0.375. The van der Waals surface area contributed by atoms with Gasteiger partial charge in [0.25, 0.3) is 5.56 Å². The first-order chi connectivity index (χ1) is 8.08. The van der Waals surface area contributed by atoms with Gasteiger partial charge in [0.15, 0.2) is 0 Å². The van der Waals surface area contributed by atoms with Crippen LogP contribution in [0.1, 0.15) is 25.5 Å². The molecule has 2 heterocycles. The van der Waals surface area contributed by atoms with Crippen molar-refractivity contribution in [2.24, 2.45) is 0 Å². The van der Waals surface area contributed by atoms with Crippen molar-refractivity contribution in [1.29, 1.82) is 0 Å². The quantitative estimate of drug-likeness (QED) is 0.819. The molecule has 88 valence electrons. The van der Waals surface area contributed by atoms with Gasteiger partial charge in [0.05, 0.1) is 16.9 Å². The lowest BCUT2D eigenvalue weighted by Crippen LogP contribution is -2.16. The minimum Gasteiger partial charge on any atom is -0.281 e. The summed E-state index contributed by atoms with van der Waals surface area (Å²) in [6, 6.07) is 6.82. The van der Waals surface area contributed by atoms with Crippen LogP contribution in [0.5, 0.6) is 0 Å². The first kappa shape index (κ1) is 11.9. The average molecular weight is 249 g/mol. The molecule has 0 aliphatic heterocycles. The maximum Gasteiger partial charge on any atom is 0.255 e. The Kier molecular flexibility index (Phi) is 3.29. The van der Waals surface area contributed by atoms with Crippen LogP contribution >= 0.6 is 11.6 Å². The van der Waals surface area contributed by atoms with Gasteiger partial charge in [-0.25, -0.2) is 0 Å². The van der Waals surface area contributed by atoms with E-state index in [4.69, 9.17) is 11.6 Å². The van der Waals surface area contributed by atoms with Crippen LogP contribution in [0.25, 0.3) is 5.69 Å². The maximum atomic E-state index is 11.7. The Balaban J connectivity index is 2.46. The molecule has 2 aromatic rings. The lowest BCUT2D eigenvalue weighted by atomic mass is 10.1. The largest absolute Gasteiger partial charge is 0.281 e. The van der Waals surface area contributed by atoms with E-state index in [2.05, 4.69) is 18.8 Å². The Morgan fingerprint density at radius 1 is 1.24 bits per heavy atom. The van der Waals surface area contributed by atoms with Gasteiger partial charge in [-0.1, -0.05) is 25.4 Å². The summed E-state index contributed by atoms with van der Waals surface area (Å²) in [7, 11) is 0. The van der Waals surface area contributed by atoms with Crippen molar-refractivity contribution < 1.29 is 0 Å². The van der Waals surface area contributed by atoms with E-state index in [0.29, 0.717) is 10.9 Å². The van der Waals surface area contributed by atoms with Gasteiger partial charge in [0.1, 0.15) is 0 Å². The van der Waals surface area contributed by atoms with E-state index in [0.717, 1.165) is 11.4 Å². The molecule has 0 spiro atoms. The molecule has 0 fully saturated rings. The summed E-state index contributed by atoms with van der Waals surface area (Å²) in [5, 5.41) is 0.525. The van der Waals surface area contributed by atoms with Crippen LogP contribution in [0.4, 0.5) is 0 Å². The molecule has 0 aliphatic rings. The van der Waals surface area contributed by atoms with Crippen LogP contribution in [0, 0.1) is 0 Å². The van der Waals surface area contributed by atoms with Crippen molar-refractivity contribution in [3.8, 4) is 5.69 Å². The fraction of sp³-hybridized carbons (Fsp3) is 0.231. The van der Waals surface area contributed by atoms with E-state index >= 15 is 0 Å². The van der Waals surface area contributed by atoms with Crippen LogP contribution in [0.3, 0.4) is 0 Å². The minimum atomic E-state index is -0.117. The zero-order valence-corrected chi connectivity index (χ0v) is 10.5. The first-order valence-electron chi connectivity index (χ1n) is 5.42. The Morgan fingerprint density at radius 2 is 2.00 bits per heavy atom. The number of hydrogen-bond donors (Lipinski definition) is 0. The van der Waals surface area contributed by atoms with Crippen LogP contribution in [0.15, 0.2) is 41.5 Å². The third-order valence-electron chi connectivity index (χ3n) is 2.52. The second kappa shape index (κ2) is 4.72. The molecule has 0 atom stereocenters. The fourth-order valence-corrected chi connectivity index (χ4v) is 1.71. The number of halogens is 1. The van der Waals surface area contributed by atoms with Gasteiger partial charge in [-0.2, -0.15) is 0 Å². The standard InChI is InChI=1S/C13H13ClN2O/c1-9(2)12-5-4-11(7-15-12)16-8-10(14)3-6-13(16)17/h3-9H,1-2H3. The zero-order valence-electron chi connectivity index (χ0n) is 9.72. The molecule has 2 aromatic heterocycles. The highest BCUT2D eigenvalue weighted by molar-refractivity contribution is 6.30. The molecule has 0 aliphatic carbocycles. The van der Waals surface area contributed by atoms with E-state index < -0.39 is 0 Å². The SMILES string of the molecule is CC(C)c1ccc(-n2cc(Cl)ccc2=O)cn1. The van der Waals surface area contributed by atoms with E-state index in [9.17, 15) is 4.79 Å². The minimum absolute atomic E-state index is 0.117. The highest BCUT2D eigenvalue weighted by Gasteiger charge is 2.03. The smallest absolute Gasteiger partial charge is 0.255 e. The van der Waals surface area contributed by atoms with Crippen molar-refractivity contribution in [2.45, 2.75) is 19.8 Å². The molecule has 3 nitrogen and oxygen atoms in total. The van der Waals surface area contributed by atoms with Crippen LogP contribution in [0.2, 0.25) is 5.02 Å². The van der Waals surface area contributed by atoms with Crippen molar-refractivity contribution in [2.75, 3.05) is 0 Å². The summed E-state index contributed by atoms with van der Waals surface area (Å²) in [5.41, 5.74) is 1.61. The highest BCUT2D eigenvalue weighted by atomic mass is 35.5. The van der Waals surface area contributed by atoms with Gasteiger partial charge < -0.3 is 0 Å². The van der Waals surface area contributed by atoms with Gasteiger partial charge in [0, 0.05) is 18.0 Å². The molecule has 0 aromatic carbocycles. The summed E-state index contributed by atoms with van der Waals surface area (Å²) < 4.78 is 1.49. The Labute approximate surface area is 105 Å². The lowest BCUT2D eigenvalue weighted by Gasteiger charge is -2.08. The molecule has 0 unspecified atom stereocenters. The van der Waals surface area contributed by atoms with E-state index in [1.165, 1.54) is 10.6 Å². The Hall–Kier alpha value is -1.61. The highest BCUT2D eigenvalue weighted by Crippen LogP contribution is 2.14. The summed E-state index contributed by atoms with van der Waals surface area (Å²) in [6.45, 7) is 4.15. The Bertz CT molecular complexity index is 573. The van der Waals surface area contributed by atoms with Crippen molar-refractivity contribution in [3.05, 3.63) is 57.7 Å².